The summed E-state index contributed by atoms with van der Waals surface area (Å²) < 4.78 is 0. The Bertz CT molecular complexity index is 223. The summed E-state index contributed by atoms with van der Waals surface area (Å²) in [7, 11) is 0. The summed E-state index contributed by atoms with van der Waals surface area (Å²) in [5, 5.41) is 3.19. The standard InChI is InChI=1S/C8H20N3OPS/c1-2-3-6-11-13(10,14)7-4-5-8(9)12/h2-7H2,1H3,(H2,9,12)(H3,10,11,14). The van der Waals surface area contributed by atoms with E-state index < -0.39 is 6.34 Å². The van der Waals surface area contributed by atoms with Crippen LogP contribution >= 0.6 is 6.34 Å². The zero-order chi connectivity index (χ0) is 11.0. The lowest BCUT2D eigenvalue weighted by Gasteiger charge is -2.17. The number of hydrogen-bond acceptors (Lipinski definition) is 2. The van der Waals surface area contributed by atoms with Gasteiger partial charge in [0.05, 0.1) is 6.34 Å². The van der Waals surface area contributed by atoms with E-state index in [0.717, 1.165) is 19.4 Å². The van der Waals surface area contributed by atoms with E-state index in [0.29, 0.717) is 19.0 Å². The first-order chi connectivity index (χ1) is 6.48. The van der Waals surface area contributed by atoms with Crippen molar-refractivity contribution in [1.82, 2.24) is 5.09 Å². The number of amides is 1. The maximum atomic E-state index is 10.5. The van der Waals surface area contributed by atoms with E-state index in [1.54, 1.807) is 0 Å². The van der Waals surface area contributed by atoms with Gasteiger partial charge < -0.3 is 5.73 Å². The van der Waals surface area contributed by atoms with E-state index in [4.69, 9.17) is 23.0 Å². The fourth-order valence-corrected chi connectivity index (χ4v) is 3.00. The highest BCUT2D eigenvalue weighted by molar-refractivity contribution is 8.12. The molecule has 0 aliphatic carbocycles. The Morgan fingerprint density at radius 2 is 2.14 bits per heavy atom. The lowest BCUT2D eigenvalue weighted by Crippen LogP contribution is -2.20. The van der Waals surface area contributed by atoms with E-state index in [-0.39, 0.29) is 5.91 Å². The molecule has 5 N–H and O–H groups in total. The van der Waals surface area contributed by atoms with Gasteiger partial charge in [0, 0.05) is 19.1 Å². The van der Waals surface area contributed by atoms with Gasteiger partial charge >= 0.3 is 0 Å². The van der Waals surface area contributed by atoms with Crippen LogP contribution in [0.15, 0.2) is 0 Å². The van der Waals surface area contributed by atoms with Gasteiger partial charge in [-0.15, -0.1) is 0 Å². The smallest absolute Gasteiger partial charge is 0.217 e. The minimum Gasteiger partial charge on any atom is -0.370 e. The molecule has 0 saturated carbocycles. The van der Waals surface area contributed by atoms with Crippen molar-refractivity contribution in [3.63, 3.8) is 0 Å². The monoisotopic (exact) mass is 237 g/mol. The third-order valence-electron chi connectivity index (χ3n) is 1.82. The Hall–Kier alpha value is 0.0400. The van der Waals surface area contributed by atoms with Gasteiger partial charge in [-0.3, -0.25) is 15.4 Å². The molecule has 0 saturated heterocycles. The number of carbonyl (C=O) groups excluding carboxylic acids is 1. The van der Waals surface area contributed by atoms with Gasteiger partial charge in [-0.05, 0) is 12.8 Å². The van der Waals surface area contributed by atoms with Crippen molar-refractivity contribution in [3.05, 3.63) is 0 Å². The van der Waals surface area contributed by atoms with E-state index in [1.165, 1.54) is 0 Å². The first-order valence-corrected chi connectivity index (χ1v) is 7.94. The molecule has 4 nitrogen and oxygen atoms in total. The number of hydrogen-bond donors (Lipinski definition) is 3. The molecule has 0 aliphatic rings. The van der Waals surface area contributed by atoms with Crippen LogP contribution in [0.4, 0.5) is 0 Å². The Labute approximate surface area is 90.9 Å². The van der Waals surface area contributed by atoms with Crippen molar-refractivity contribution in [2.24, 2.45) is 11.2 Å². The summed E-state index contributed by atoms with van der Waals surface area (Å²) in [4.78, 5) is 10.5. The third kappa shape index (κ3) is 8.63. The Morgan fingerprint density at radius 3 is 2.64 bits per heavy atom. The normalized spacial score (nSPS) is 15.0. The van der Waals surface area contributed by atoms with Gasteiger partial charge in [0.15, 0.2) is 0 Å². The average molecular weight is 237 g/mol. The van der Waals surface area contributed by atoms with Gasteiger partial charge in [-0.25, -0.2) is 0 Å². The predicted molar refractivity (Wildman–Crippen MR) is 64.7 cm³/mol. The van der Waals surface area contributed by atoms with Crippen molar-refractivity contribution < 1.29 is 4.79 Å². The van der Waals surface area contributed by atoms with Crippen molar-refractivity contribution >= 4 is 24.1 Å². The second-order valence-electron chi connectivity index (χ2n) is 3.35. The lowest BCUT2D eigenvalue weighted by molar-refractivity contribution is -0.118. The number of carbonyl (C=O) groups is 1. The molecule has 84 valence electrons. The molecule has 0 aliphatic heterocycles. The molecule has 6 heteroatoms. The lowest BCUT2D eigenvalue weighted by atomic mass is 10.3. The largest absolute Gasteiger partial charge is 0.370 e. The topological polar surface area (TPSA) is 81.1 Å². The molecule has 0 aromatic rings. The van der Waals surface area contributed by atoms with Crippen LogP contribution in [0.5, 0.6) is 0 Å². The van der Waals surface area contributed by atoms with Crippen LogP contribution in [0.25, 0.3) is 0 Å². The van der Waals surface area contributed by atoms with Crippen LogP contribution in [-0.2, 0) is 16.6 Å². The Kier molecular flexibility index (Phi) is 7.37. The second-order valence-corrected chi connectivity index (χ2v) is 7.66. The van der Waals surface area contributed by atoms with Crippen molar-refractivity contribution in [3.8, 4) is 0 Å². The molecule has 1 amide bonds. The molecule has 1 unspecified atom stereocenters. The van der Waals surface area contributed by atoms with Gasteiger partial charge in [-0.2, -0.15) is 0 Å². The van der Waals surface area contributed by atoms with Crippen molar-refractivity contribution in [1.29, 1.82) is 0 Å². The van der Waals surface area contributed by atoms with E-state index in [2.05, 4.69) is 12.0 Å². The van der Waals surface area contributed by atoms with Crippen molar-refractivity contribution in [2.75, 3.05) is 12.7 Å². The number of nitrogens with one attached hydrogen (secondary N) is 1. The Morgan fingerprint density at radius 1 is 1.50 bits per heavy atom. The molecule has 0 aromatic carbocycles. The number of nitrogens with two attached hydrogens (primary N) is 2. The fourth-order valence-electron chi connectivity index (χ4n) is 1.01. The van der Waals surface area contributed by atoms with Crippen LogP contribution in [0, 0.1) is 0 Å². The molecule has 0 radical (unpaired) electrons. The average Bonchev–Trinajstić information content (AvgIpc) is 2.03. The highest BCUT2D eigenvalue weighted by atomic mass is 32.4. The molecule has 14 heavy (non-hydrogen) atoms. The summed E-state index contributed by atoms with van der Waals surface area (Å²) in [6.07, 6.45) is 2.09. The van der Waals surface area contributed by atoms with E-state index in [9.17, 15) is 4.79 Å². The molecule has 0 aromatic heterocycles. The fraction of sp³-hybridized carbons (Fsp3) is 0.875. The second kappa shape index (κ2) is 7.35. The minimum atomic E-state index is -1.90. The molecular weight excluding hydrogens is 217 g/mol. The highest BCUT2D eigenvalue weighted by Crippen LogP contribution is 2.32. The Balaban J connectivity index is 3.61. The molecule has 0 heterocycles. The van der Waals surface area contributed by atoms with Crippen LogP contribution in [0.3, 0.4) is 0 Å². The summed E-state index contributed by atoms with van der Waals surface area (Å²) in [5.41, 5.74) is 10.9. The molecule has 0 bridgehead atoms. The van der Waals surface area contributed by atoms with Gasteiger partial charge in [0.25, 0.3) is 0 Å². The van der Waals surface area contributed by atoms with Crippen LogP contribution in [-0.4, -0.2) is 18.6 Å². The van der Waals surface area contributed by atoms with Crippen LogP contribution in [0.2, 0.25) is 0 Å². The molecule has 0 fully saturated rings. The predicted octanol–water partition coefficient (Wildman–Crippen LogP) is 0.910. The van der Waals surface area contributed by atoms with Gasteiger partial charge in [-0.1, -0.05) is 25.2 Å². The maximum Gasteiger partial charge on any atom is 0.217 e. The number of unbranched alkanes of at least 4 members (excludes halogenated alkanes) is 1. The summed E-state index contributed by atoms with van der Waals surface area (Å²) in [5.74, 6) is -0.284. The van der Waals surface area contributed by atoms with E-state index >= 15 is 0 Å². The first kappa shape index (κ1) is 14.0. The summed E-state index contributed by atoms with van der Waals surface area (Å²) in [6, 6.07) is 0. The maximum absolute atomic E-state index is 10.5. The van der Waals surface area contributed by atoms with Crippen LogP contribution in [0.1, 0.15) is 32.6 Å². The summed E-state index contributed by atoms with van der Waals surface area (Å²) >= 11 is 5.23. The highest BCUT2D eigenvalue weighted by Gasteiger charge is 2.09. The van der Waals surface area contributed by atoms with Gasteiger partial charge in [0.2, 0.25) is 5.91 Å². The summed E-state index contributed by atoms with van der Waals surface area (Å²) in [6.45, 7) is 3.00. The first-order valence-electron chi connectivity index (χ1n) is 4.89. The van der Waals surface area contributed by atoms with Crippen LogP contribution < -0.4 is 16.3 Å². The molecule has 0 rings (SSSR count). The molecule has 0 spiro atoms. The third-order valence-corrected chi connectivity index (χ3v) is 4.50. The number of rotatable bonds is 8. The molecule has 1 atom stereocenters. The zero-order valence-corrected chi connectivity index (χ0v) is 10.4. The minimum absolute atomic E-state index is 0.284. The zero-order valence-electron chi connectivity index (χ0n) is 8.66. The van der Waals surface area contributed by atoms with Crippen molar-refractivity contribution in [2.45, 2.75) is 32.6 Å². The SMILES string of the molecule is CCCCNP(N)(=S)CCCC(N)=O. The quantitative estimate of drug-likeness (QED) is 0.433. The number of primary amides is 1. The van der Waals surface area contributed by atoms with Gasteiger partial charge in [0.1, 0.15) is 0 Å². The molecular formula is C8H20N3OPS. The van der Waals surface area contributed by atoms with E-state index in [1.807, 2.05) is 0 Å².